The van der Waals surface area contributed by atoms with Gasteiger partial charge in [0.25, 0.3) is 4.06 Å². The Hall–Kier alpha value is -0.760. The van der Waals surface area contributed by atoms with Crippen LogP contribution in [0.3, 0.4) is 0 Å². The van der Waals surface area contributed by atoms with Crippen LogP contribution in [-0.4, -0.2) is 17.9 Å². The molecule has 3 nitrogen and oxygen atoms in total. The van der Waals surface area contributed by atoms with Crippen molar-refractivity contribution in [3.63, 3.8) is 0 Å². The molecule has 7 heteroatoms. The van der Waals surface area contributed by atoms with Gasteiger partial charge in [0.2, 0.25) is 0 Å². The third kappa shape index (κ3) is 3.05. The van der Waals surface area contributed by atoms with Crippen LogP contribution in [0, 0.1) is 0 Å². The van der Waals surface area contributed by atoms with E-state index in [2.05, 4.69) is 4.99 Å². The lowest BCUT2D eigenvalue weighted by atomic mass is 10.3. The van der Waals surface area contributed by atoms with Gasteiger partial charge in [0.15, 0.2) is 0 Å². The van der Waals surface area contributed by atoms with E-state index < -0.39 is 0 Å². The second-order valence-corrected chi connectivity index (χ2v) is 8.43. The van der Waals surface area contributed by atoms with E-state index in [4.69, 9.17) is 4.74 Å². The van der Waals surface area contributed by atoms with Gasteiger partial charge in [0.1, 0.15) is 5.75 Å². The summed E-state index contributed by atoms with van der Waals surface area (Å²) in [5.74, 6) is 1.66. The third-order valence-corrected chi connectivity index (χ3v) is 7.54. The van der Waals surface area contributed by atoms with Crippen LogP contribution in [0.4, 0.5) is 5.69 Å². The molecule has 1 aromatic heterocycles. The highest BCUT2D eigenvalue weighted by Crippen LogP contribution is 2.43. The maximum atomic E-state index is 11.3. The van der Waals surface area contributed by atoms with Crippen LogP contribution in [-0.2, 0) is 0 Å². The molecule has 3 rings (SSSR count). The predicted octanol–water partition coefficient (Wildman–Crippen LogP) is 4.11. The first-order chi connectivity index (χ1) is 9.24. The van der Waals surface area contributed by atoms with Crippen LogP contribution in [0.15, 0.2) is 42.5 Å². The second kappa shape index (κ2) is 5.70. The van der Waals surface area contributed by atoms with E-state index >= 15 is 0 Å². The Kier molecular flexibility index (Phi) is 3.97. The smallest absolute Gasteiger partial charge is 0.289 e. The average Bonchev–Trinajstić information content (AvgIpc) is 2.79. The van der Waals surface area contributed by atoms with Gasteiger partial charge in [0.05, 0.1) is 26.3 Å². The quantitative estimate of drug-likeness (QED) is 0.832. The summed E-state index contributed by atoms with van der Waals surface area (Å²) >= 11 is 5.96. The van der Waals surface area contributed by atoms with Gasteiger partial charge in [-0.15, -0.1) is 11.8 Å². The zero-order valence-electron chi connectivity index (χ0n) is 9.91. The Bertz CT molecular complexity index is 672. The van der Waals surface area contributed by atoms with Crippen molar-refractivity contribution in [1.82, 2.24) is 0 Å². The van der Waals surface area contributed by atoms with Crippen molar-refractivity contribution in [3.05, 3.63) is 33.1 Å². The first-order valence-electron chi connectivity index (χ1n) is 5.41. The van der Waals surface area contributed by atoms with Crippen molar-refractivity contribution in [2.75, 3.05) is 12.9 Å². The molecule has 0 N–H and O–H groups in total. The number of methoxy groups -OCH3 is 1. The molecule has 0 saturated carbocycles. The van der Waals surface area contributed by atoms with Crippen LogP contribution in [0.5, 0.6) is 5.75 Å². The summed E-state index contributed by atoms with van der Waals surface area (Å²) in [5.41, 5.74) is 0.912. The van der Waals surface area contributed by atoms with Gasteiger partial charge in [-0.05, 0) is 24.3 Å². The summed E-state index contributed by atoms with van der Waals surface area (Å²) < 4.78 is 7.50. The van der Waals surface area contributed by atoms with Gasteiger partial charge >= 0.3 is 0 Å². The molecule has 1 aliphatic heterocycles. The molecule has 19 heavy (non-hydrogen) atoms. The van der Waals surface area contributed by atoms with Crippen molar-refractivity contribution >= 4 is 56.9 Å². The summed E-state index contributed by atoms with van der Waals surface area (Å²) in [6, 6.07) is 7.66. The number of hydrogen-bond donors (Lipinski definition) is 0. The van der Waals surface area contributed by atoms with Crippen molar-refractivity contribution in [2.24, 2.45) is 4.99 Å². The number of fused-ring (bicyclic) bond motifs is 1. The largest absolute Gasteiger partial charge is 0.497 e. The number of ether oxygens (including phenoxy) is 1. The highest BCUT2D eigenvalue weighted by atomic mass is 32.2. The van der Waals surface area contributed by atoms with Crippen LogP contribution < -0.4 is 8.79 Å². The van der Waals surface area contributed by atoms with Crippen molar-refractivity contribution in [1.29, 1.82) is 0 Å². The van der Waals surface area contributed by atoms with E-state index in [-0.39, 0.29) is 4.06 Å². The maximum Gasteiger partial charge on any atom is 0.289 e. The fraction of sp³-hybridized carbons (Fsp3) is 0.167. The highest BCUT2D eigenvalue weighted by molar-refractivity contribution is 8.19. The Morgan fingerprint density at radius 1 is 1.16 bits per heavy atom. The third-order valence-electron chi connectivity index (χ3n) is 2.38. The summed E-state index contributed by atoms with van der Waals surface area (Å²) in [7, 11) is 1.65. The molecule has 1 aromatic carbocycles. The van der Waals surface area contributed by atoms with Gasteiger partial charge in [-0.2, -0.15) is 0 Å². The lowest BCUT2D eigenvalue weighted by Gasteiger charge is -2.11. The molecule has 0 radical (unpaired) electrons. The lowest BCUT2D eigenvalue weighted by molar-refractivity contribution is 0.415. The first-order valence-corrected chi connectivity index (χ1v) is 8.84. The molecule has 1 aliphatic rings. The molecule has 0 aliphatic carbocycles. The Labute approximate surface area is 126 Å². The van der Waals surface area contributed by atoms with Crippen molar-refractivity contribution < 1.29 is 4.74 Å². The molecule has 0 amide bonds. The van der Waals surface area contributed by atoms with E-state index in [1.807, 2.05) is 24.3 Å². The SMILES string of the molecule is COc1ccc(N=C2CSc3sc(=O)sc3S2)cc1. The monoisotopic (exact) mass is 327 g/mol. The minimum atomic E-state index is 0.163. The fourth-order valence-corrected chi connectivity index (χ4v) is 6.70. The van der Waals surface area contributed by atoms with E-state index in [9.17, 15) is 4.79 Å². The van der Waals surface area contributed by atoms with E-state index in [1.54, 1.807) is 30.6 Å². The van der Waals surface area contributed by atoms with Gasteiger partial charge in [0, 0.05) is 5.75 Å². The van der Waals surface area contributed by atoms with Crippen molar-refractivity contribution in [3.8, 4) is 5.75 Å². The molecular formula is C12H9NO2S4. The number of nitrogens with zero attached hydrogens (tertiary/aromatic N) is 1. The molecule has 0 saturated heterocycles. The van der Waals surface area contributed by atoms with E-state index in [1.165, 1.54) is 22.7 Å². The standard InChI is InChI=1S/C12H9NO2S4/c1-15-8-4-2-7(3-5-8)13-9-6-16-10-11(17-9)19-12(14)18-10/h2-5H,6H2,1H3. The minimum Gasteiger partial charge on any atom is -0.497 e. The molecule has 2 heterocycles. The number of thioether (sulfide) groups is 2. The Morgan fingerprint density at radius 3 is 2.63 bits per heavy atom. The molecule has 0 spiro atoms. The Morgan fingerprint density at radius 2 is 1.89 bits per heavy atom. The van der Waals surface area contributed by atoms with E-state index in [0.29, 0.717) is 0 Å². The number of rotatable bonds is 2. The molecular weight excluding hydrogens is 318 g/mol. The van der Waals surface area contributed by atoms with Gasteiger partial charge in [-0.3, -0.25) is 4.79 Å². The minimum absolute atomic E-state index is 0.163. The average molecular weight is 327 g/mol. The summed E-state index contributed by atoms with van der Waals surface area (Å²) in [6.07, 6.45) is 0. The molecule has 0 atom stereocenters. The predicted molar refractivity (Wildman–Crippen MR) is 85.1 cm³/mol. The fourth-order valence-electron chi connectivity index (χ4n) is 1.53. The van der Waals surface area contributed by atoms with Gasteiger partial charge in [-0.25, -0.2) is 4.99 Å². The molecule has 98 valence electrons. The first kappa shape index (κ1) is 13.2. The second-order valence-electron chi connectivity index (χ2n) is 3.62. The van der Waals surface area contributed by atoms with Crippen LogP contribution in [0.2, 0.25) is 0 Å². The molecule has 0 bridgehead atoms. The zero-order valence-corrected chi connectivity index (χ0v) is 13.2. The van der Waals surface area contributed by atoms with Crippen LogP contribution in [0.1, 0.15) is 0 Å². The van der Waals surface area contributed by atoms with Crippen molar-refractivity contribution in [2.45, 2.75) is 8.42 Å². The summed E-state index contributed by atoms with van der Waals surface area (Å²) in [5, 5.41) is 1.04. The van der Waals surface area contributed by atoms with Crippen LogP contribution >= 0.6 is 46.2 Å². The topological polar surface area (TPSA) is 38.7 Å². The van der Waals surface area contributed by atoms with Gasteiger partial charge < -0.3 is 4.74 Å². The van der Waals surface area contributed by atoms with Gasteiger partial charge in [-0.1, -0.05) is 34.4 Å². The number of hydrogen-bond acceptors (Lipinski definition) is 7. The normalized spacial score (nSPS) is 16.4. The molecule has 2 aromatic rings. The summed E-state index contributed by atoms with van der Waals surface area (Å²) in [4.78, 5) is 16.0. The van der Waals surface area contributed by atoms with E-state index in [0.717, 1.165) is 30.7 Å². The maximum absolute atomic E-state index is 11.3. The Balaban J connectivity index is 1.83. The van der Waals surface area contributed by atoms with Crippen LogP contribution in [0.25, 0.3) is 0 Å². The number of aliphatic imine (C=N–C) groups is 1. The molecule has 0 fully saturated rings. The summed E-state index contributed by atoms with van der Waals surface area (Å²) in [6.45, 7) is 0. The molecule has 0 unspecified atom stereocenters. The lowest BCUT2D eigenvalue weighted by Crippen LogP contribution is -1.99. The zero-order chi connectivity index (χ0) is 13.2. The highest BCUT2D eigenvalue weighted by Gasteiger charge is 2.19. The number of benzene rings is 1.